The summed E-state index contributed by atoms with van der Waals surface area (Å²) in [5.41, 5.74) is 2.94. The lowest BCUT2D eigenvalue weighted by atomic mass is 9.95. The predicted octanol–water partition coefficient (Wildman–Crippen LogP) is 3.26. The van der Waals surface area contributed by atoms with E-state index >= 15 is 0 Å². The van der Waals surface area contributed by atoms with Crippen molar-refractivity contribution in [1.29, 1.82) is 0 Å². The molecular formula is C23H26N2O5S. The SMILES string of the molecule is COCCOC(=O)C1=C(C)NC(=S)N[C@@H]1c1ccc(OCc2ccccc2)c(OC)c1. The average Bonchev–Trinajstić information content (AvgIpc) is 2.77. The van der Waals surface area contributed by atoms with Crippen molar-refractivity contribution in [3.05, 3.63) is 70.9 Å². The number of rotatable bonds is 9. The van der Waals surface area contributed by atoms with E-state index in [4.69, 9.17) is 31.2 Å². The van der Waals surface area contributed by atoms with Gasteiger partial charge in [-0.05, 0) is 42.4 Å². The van der Waals surface area contributed by atoms with Crippen molar-refractivity contribution in [2.45, 2.75) is 19.6 Å². The minimum atomic E-state index is -0.485. The summed E-state index contributed by atoms with van der Waals surface area (Å²) >= 11 is 5.30. The van der Waals surface area contributed by atoms with Crippen LogP contribution < -0.4 is 20.1 Å². The molecule has 0 saturated carbocycles. The van der Waals surface area contributed by atoms with Crippen LogP contribution in [0.2, 0.25) is 0 Å². The zero-order chi connectivity index (χ0) is 22.2. The number of carbonyl (C=O) groups is 1. The molecule has 0 fully saturated rings. The number of thiocarbonyl (C=S) groups is 1. The van der Waals surface area contributed by atoms with Crippen molar-refractivity contribution >= 4 is 23.3 Å². The standard InChI is InChI=1S/C23H26N2O5S/c1-15-20(22(26)29-12-11-27-2)21(25-23(31)24-15)17-9-10-18(19(13-17)28-3)30-14-16-7-5-4-6-8-16/h4-10,13,21H,11-12,14H2,1-3H3,(H2,24,25,31)/t21-/m1/s1. The maximum absolute atomic E-state index is 12.7. The van der Waals surface area contributed by atoms with Gasteiger partial charge in [0.2, 0.25) is 0 Å². The molecule has 1 heterocycles. The first-order valence-corrected chi connectivity index (χ1v) is 10.2. The van der Waals surface area contributed by atoms with Gasteiger partial charge in [-0.15, -0.1) is 0 Å². The van der Waals surface area contributed by atoms with Crippen molar-refractivity contribution in [3.63, 3.8) is 0 Å². The summed E-state index contributed by atoms with van der Waals surface area (Å²) in [6, 6.07) is 14.9. The van der Waals surface area contributed by atoms with Gasteiger partial charge in [0.15, 0.2) is 16.6 Å². The molecule has 3 rings (SSSR count). The van der Waals surface area contributed by atoms with Gasteiger partial charge in [0, 0.05) is 12.8 Å². The average molecular weight is 443 g/mol. The van der Waals surface area contributed by atoms with Crippen LogP contribution in [0.1, 0.15) is 24.1 Å². The fourth-order valence-electron chi connectivity index (χ4n) is 3.23. The van der Waals surface area contributed by atoms with Crippen LogP contribution in [0.25, 0.3) is 0 Å². The number of methoxy groups -OCH3 is 2. The van der Waals surface area contributed by atoms with Crippen LogP contribution in [0.4, 0.5) is 0 Å². The molecule has 2 aromatic rings. The van der Waals surface area contributed by atoms with E-state index < -0.39 is 12.0 Å². The van der Waals surface area contributed by atoms with Gasteiger partial charge in [0.05, 0.1) is 25.3 Å². The summed E-state index contributed by atoms with van der Waals surface area (Å²) < 4.78 is 21.8. The summed E-state index contributed by atoms with van der Waals surface area (Å²) in [6.45, 7) is 2.70. The van der Waals surface area contributed by atoms with Crippen LogP contribution in [0.5, 0.6) is 11.5 Å². The summed E-state index contributed by atoms with van der Waals surface area (Å²) in [5, 5.41) is 6.57. The first-order chi connectivity index (χ1) is 15.0. The summed E-state index contributed by atoms with van der Waals surface area (Å²) in [4.78, 5) is 12.7. The van der Waals surface area contributed by atoms with E-state index in [1.807, 2.05) is 48.5 Å². The molecule has 2 N–H and O–H groups in total. The molecule has 31 heavy (non-hydrogen) atoms. The number of esters is 1. The molecule has 0 bridgehead atoms. The van der Waals surface area contributed by atoms with Gasteiger partial charge in [0.25, 0.3) is 0 Å². The molecule has 1 aliphatic rings. The van der Waals surface area contributed by atoms with Crippen molar-refractivity contribution in [2.24, 2.45) is 0 Å². The van der Waals surface area contributed by atoms with E-state index in [-0.39, 0.29) is 6.61 Å². The van der Waals surface area contributed by atoms with E-state index in [1.54, 1.807) is 21.1 Å². The predicted molar refractivity (Wildman–Crippen MR) is 121 cm³/mol. The van der Waals surface area contributed by atoms with Crippen LogP contribution in [0.15, 0.2) is 59.8 Å². The van der Waals surface area contributed by atoms with Crippen LogP contribution in [0.3, 0.4) is 0 Å². The highest BCUT2D eigenvalue weighted by atomic mass is 32.1. The van der Waals surface area contributed by atoms with E-state index in [0.717, 1.165) is 11.1 Å². The quantitative estimate of drug-likeness (QED) is 0.348. The molecule has 0 aliphatic carbocycles. The van der Waals surface area contributed by atoms with E-state index in [9.17, 15) is 4.79 Å². The first-order valence-electron chi connectivity index (χ1n) is 9.82. The van der Waals surface area contributed by atoms with Crippen molar-refractivity contribution in [3.8, 4) is 11.5 Å². The molecule has 0 amide bonds. The third-order valence-corrected chi connectivity index (χ3v) is 4.99. The number of benzene rings is 2. The molecule has 0 saturated heterocycles. The smallest absolute Gasteiger partial charge is 0.338 e. The Morgan fingerprint density at radius 1 is 1.06 bits per heavy atom. The Kier molecular flexibility index (Phi) is 7.86. The Balaban J connectivity index is 1.84. The molecular weight excluding hydrogens is 416 g/mol. The van der Waals surface area contributed by atoms with Gasteiger partial charge in [0.1, 0.15) is 13.2 Å². The molecule has 8 heteroatoms. The lowest BCUT2D eigenvalue weighted by Crippen LogP contribution is -2.45. The first kappa shape index (κ1) is 22.6. The number of hydrogen-bond donors (Lipinski definition) is 2. The molecule has 0 spiro atoms. The highest BCUT2D eigenvalue weighted by Crippen LogP contribution is 2.35. The molecule has 0 radical (unpaired) electrons. The zero-order valence-electron chi connectivity index (χ0n) is 17.8. The summed E-state index contributed by atoms with van der Waals surface area (Å²) in [7, 11) is 3.13. The number of hydrogen-bond acceptors (Lipinski definition) is 6. The normalized spacial score (nSPS) is 15.7. The molecule has 2 aromatic carbocycles. The Hall–Kier alpha value is -3.10. The number of carbonyl (C=O) groups excluding carboxylic acids is 1. The Morgan fingerprint density at radius 2 is 1.84 bits per heavy atom. The van der Waals surface area contributed by atoms with Gasteiger partial charge < -0.3 is 29.6 Å². The molecule has 164 valence electrons. The summed E-state index contributed by atoms with van der Waals surface area (Å²) in [6.07, 6.45) is 0. The van der Waals surface area contributed by atoms with Crippen LogP contribution in [-0.4, -0.2) is 38.5 Å². The molecule has 1 atom stereocenters. The fraction of sp³-hybridized carbons (Fsp3) is 0.304. The maximum atomic E-state index is 12.7. The van der Waals surface area contributed by atoms with Crippen molar-refractivity contribution in [1.82, 2.24) is 10.6 Å². The maximum Gasteiger partial charge on any atom is 0.338 e. The largest absolute Gasteiger partial charge is 0.493 e. The molecule has 7 nitrogen and oxygen atoms in total. The van der Waals surface area contributed by atoms with Gasteiger partial charge >= 0.3 is 5.97 Å². The van der Waals surface area contributed by atoms with Gasteiger partial charge in [-0.2, -0.15) is 0 Å². The molecule has 1 aliphatic heterocycles. The lowest BCUT2D eigenvalue weighted by Gasteiger charge is -2.30. The Morgan fingerprint density at radius 3 is 2.55 bits per heavy atom. The third-order valence-electron chi connectivity index (χ3n) is 4.77. The minimum Gasteiger partial charge on any atom is -0.493 e. The van der Waals surface area contributed by atoms with E-state index in [2.05, 4.69) is 10.6 Å². The van der Waals surface area contributed by atoms with Crippen molar-refractivity contribution in [2.75, 3.05) is 27.4 Å². The number of nitrogens with one attached hydrogen (secondary N) is 2. The third kappa shape index (κ3) is 5.74. The lowest BCUT2D eigenvalue weighted by molar-refractivity contribution is -0.140. The second-order valence-corrected chi connectivity index (χ2v) is 7.29. The van der Waals surface area contributed by atoms with Gasteiger partial charge in [-0.3, -0.25) is 0 Å². The minimum absolute atomic E-state index is 0.166. The second kappa shape index (κ2) is 10.8. The number of allylic oxidation sites excluding steroid dienone is 1. The molecule has 0 unspecified atom stereocenters. The van der Waals surface area contributed by atoms with E-state index in [0.29, 0.717) is 41.1 Å². The van der Waals surface area contributed by atoms with Gasteiger partial charge in [-0.25, -0.2) is 4.79 Å². The highest BCUT2D eigenvalue weighted by molar-refractivity contribution is 7.80. The van der Waals surface area contributed by atoms with Gasteiger partial charge in [-0.1, -0.05) is 36.4 Å². The Labute approximate surface area is 187 Å². The monoisotopic (exact) mass is 442 g/mol. The zero-order valence-corrected chi connectivity index (χ0v) is 18.6. The fourth-order valence-corrected chi connectivity index (χ4v) is 3.50. The van der Waals surface area contributed by atoms with Crippen molar-refractivity contribution < 1.29 is 23.7 Å². The van der Waals surface area contributed by atoms with Crippen LogP contribution in [0, 0.1) is 0 Å². The van der Waals surface area contributed by atoms with Crippen LogP contribution in [-0.2, 0) is 20.9 Å². The molecule has 0 aromatic heterocycles. The second-order valence-electron chi connectivity index (χ2n) is 6.88. The highest BCUT2D eigenvalue weighted by Gasteiger charge is 2.31. The Bertz CT molecular complexity index is 962. The van der Waals surface area contributed by atoms with Crippen LogP contribution >= 0.6 is 12.2 Å². The summed E-state index contributed by atoms with van der Waals surface area (Å²) in [5.74, 6) is 0.728. The van der Waals surface area contributed by atoms with E-state index in [1.165, 1.54) is 0 Å². The number of ether oxygens (including phenoxy) is 4. The topological polar surface area (TPSA) is 78.1 Å².